The minimum atomic E-state index is 0.120. The Morgan fingerprint density at radius 1 is 0.828 bits per heavy atom. The first-order valence-electron chi connectivity index (χ1n) is 10.0. The fourth-order valence-corrected chi connectivity index (χ4v) is 3.51. The minimum absolute atomic E-state index is 0.120. The molecule has 3 aromatic carbocycles. The van der Waals surface area contributed by atoms with Crippen LogP contribution in [0.1, 0.15) is 18.1 Å². The lowest BCUT2D eigenvalue weighted by molar-refractivity contribution is -0.130. The second-order valence-corrected chi connectivity index (χ2v) is 7.13. The molecule has 1 aliphatic heterocycles. The number of hydrogen-bond acceptors (Lipinski definition) is 3. The molecule has 1 heterocycles. The van der Waals surface area contributed by atoms with Gasteiger partial charge in [-0.1, -0.05) is 60.7 Å². The Morgan fingerprint density at radius 3 is 2.21 bits per heavy atom. The molecule has 1 amide bonds. The zero-order chi connectivity index (χ0) is 20.1. The summed E-state index contributed by atoms with van der Waals surface area (Å²) in [6.45, 7) is 4.37. The zero-order valence-corrected chi connectivity index (χ0v) is 16.6. The van der Waals surface area contributed by atoms with Crippen LogP contribution in [-0.4, -0.2) is 30.6 Å². The number of carbonyl (C=O) groups is 1. The predicted molar refractivity (Wildman–Crippen MR) is 114 cm³/mol. The van der Waals surface area contributed by atoms with E-state index in [1.54, 1.807) is 0 Å². The van der Waals surface area contributed by atoms with Gasteiger partial charge in [0, 0.05) is 13.1 Å². The van der Waals surface area contributed by atoms with Crippen LogP contribution in [-0.2, 0) is 17.8 Å². The highest BCUT2D eigenvalue weighted by atomic mass is 16.6. The van der Waals surface area contributed by atoms with Crippen molar-refractivity contribution in [1.82, 2.24) is 4.90 Å². The van der Waals surface area contributed by atoms with Gasteiger partial charge in [0.05, 0.1) is 6.42 Å². The normalized spacial score (nSPS) is 12.4. The molecular formula is C25H25NO3. The SMILES string of the molecule is CCN(Cc1ccc2c(c1)OCCO2)C(=O)Cc1ccc(-c2ccccc2)cc1. The van der Waals surface area contributed by atoms with E-state index in [0.717, 1.165) is 28.2 Å². The summed E-state index contributed by atoms with van der Waals surface area (Å²) in [6, 6.07) is 24.4. The maximum Gasteiger partial charge on any atom is 0.227 e. The van der Waals surface area contributed by atoms with Crippen molar-refractivity contribution in [3.63, 3.8) is 0 Å². The van der Waals surface area contributed by atoms with Gasteiger partial charge in [-0.3, -0.25) is 4.79 Å². The van der Waals surface area contributed by atoms with Gasteiger partial charge in [-0.25, -0.2) is 0 Å². The molecule has 148 valence electrons. The number of rotatable bonds is 6. The van der Waals surface area contributed by atoms with E-state index >= 15 is 0 Å². The second kappa shape index (κ2) is 8.82. The third kappa shape index (κ3) is 4.60. The first-order valence-corrected chi connectivity index (χ1v) is 10.0. The fourth-order valence-electron chi connectivity index (χ4n) is 3.51. The van der Waals surface area contributed by atoms with Crippen LogP contribution in [0.15, 0.2) is 72.8 Å². The number of fused-ring (bicyclic) bond motifs is 1. The van der Waals surface area contributed by atoms with Gasteiger partial charge in [-0.05, 0) is 41.3 Å². The van der Waals surface area contributed by atoms with Crippen molar-refractivity contribution >= 4 is 5.91 Å². The summed E-state index contributed by atoms with van der Waals surface area (Å²) in [5.41, 5.74) is 4.41. The molecule has 4 nitrogen and oxygen atoms in total. The lowest BCUT2D eigenvalue weighted by atomic mass is 10.0. The van der Waals surface area contributed by atoms with Gasteiger partial charge in [0.2, 0.25) is 5.91 Å². The molecule has 0 atom stereocenters. The van der Waals surface area contributed by atoms with Crippen LogP contribution >= 0.6 is 0 Å². The molecule has 0 spiro atoms. The van der Waals surface area contributed by atoms with Gasteiger partial charge < -0.3 is 14.4 Å². The molecule has 0 saturated carbocycles. The molecule has 0 aliphatic carbocycles. The lowest BCUT2D eigenvalue weighted by Crippen LogP contribution is -2.31. The lowest BCUT2D eigenvalue weighted by Gasteiger charge is -2.23. The van der Waals surface area contributed by atoms with Crippen molar-refractivity contribution in [2.75, 3.05) is 19.8 Å². The van der Waals surface area contributed by atoms with Crippen LogP contribution in [0.4, 0.5) is 0 Å². The second-order valence-electron chi connectivity index (χ2n) is 7.13. The van der Waals surface area contributed by atoms with E-state index in [4.69, 9.17) is 9.47 Å². The Balaban J connectivity index is 1.41. The summed E-state index contributed by atoms with van der Waals surface area (Å²) in [4.78, 5) is 14.7. The van der Waals surface area contributed by atoms with Crippen LogP contribution in [0.2, 0.25) is 0 Å². The molecule has 0 aromatic heterocycles. The topological polar surface area (TPSA) is 38.8 Å². The Labute approximate surface area is 171 Å². The third-order valence-electron chi connectivity index (χ3n) is 5.13. The number of benzene rings is 3. The van der Waals surface area contributed by atoms with E-state index in [1.807, 2.05) is 60.4 Å². The minimum Gasteiger partial charge on any atom is -0.486 e. The van der Waals surface area contributed by atoms with Gasteiger partial charge in [0.1, 0.15) is 13.2 Å². The van der Waals surface area contributed by atoms with Crippen LogP contribution in [0.5, 0.6) is 11.5 Å². The van der Waals surface area contributed by atoms with E-state index in [-0.39, 0.29) is 5.91 Å². The number of nitrogens with zero attached hydrogens (tertiary/aromatic N) is 1. The fraction of sp³-hybridized carbons (Fsp3) is 0.240. The van der Waals surface area contributed by atoms with Crippen molar-refractivity contribution in [2.45, 2.75) is 19.9 Å². The maximum atomic E-state index is 12.9. The van der Waals surface area contributed by atoms with Gasteiger partial charge in [-0.15, -0.1) is 0 Å². The van der Waals surface area contributed by atoms with Crippen molar-refractivity contribution in [3.05, 3.63) is 83.9 Å². The largest absolute Gasteiger partial charge is 0.486 e. The van der Waals surface area contributed by atoms with Crippen LogP contribution in [0, 0.1) is 0 Å². The van der Waals surface area contributed by atoms with Crippen molar-refractivity contribution in [3.8, 4) is 22.6 Å². The Morgan fingerprint density at radius 2 is 1.48 bits per heavy atom. The molecule has 3 aromatic rings. The molecule has 0 radical (unpaired) electrons. The van der Waals surface area contributed by atoms with Gasteiger partial charge in [-0.2, -0.15) is 0 Å². The highest BCUT2D eigenvalue weighted by Gasteiger charge is 2.16. The summed E-state index contributed by atoms with van der Waals surface area (Å²) in [5, 5.41) is 0. The van der Waals surface area contributed by atoms with Crippen LogP contribution in [0.25, 0.3) is 11.1 Å². The highest BCUT2D eigenvalue weighted by Crippen LogP contribution is 2.31. The van der Waals surface area contributed by atoms with Crippen molar-refractivity contribution in [1.29, 1.82) is 0 Å². The average Bonchev–Trinajstić information content (AvgIpc) is 2.78. The van der Waals surface area contributed by atoms with Crippen molar-refractivity contribution < 1.29 is 14.3 Å². The van der Waals surface area contributed by atoms with Crippen LogP contribution in [0.3, 0.4) is 0 Å². The molecule has 1 aliphatic rings. The zero-order valence-electron chi connectivity index (χ0n) is 16.6. The summed E-state index contributed by atoms with van der Waals surface area (Å²) in [5.74, 6) is 1.65. The molecule has 0 saturated heterocycles. The number of ether oxygens (including phenoxy) is 2. The predicted octanol–water partition coefficient (Wildman–Crippen LogP) is 4.72. The van der Waals surface area contributed by atoms with Gasteiger partial charge in [0.15, 0.2) is 11.5 Å². The smallest absolute Gasteiger partial charge is 0.227 e. The molecule has 0 N–H and O–H groups in total. The van der Waals surface area contributed by atoms with E-state index < -0.39 is 0 Å². The molecule has 0 bridgehead atoms. The van der Waals surface area contributed by atoms with E-state index in [0.29, 0.717) is 32.7 Å². The van der Waals surface area contributed by atoms with E-state index in [2.05, 4.69) is 24.3 Å². The van der Waals surface area contributed by atoms with Crippen LogP contribution < -0.4 is 9.47 Å². The Bertz CT molecular complexity index is 967. The monoisotopic (exact) mass is 387 g/mol. The molecule has 0 unspecified atom stereocenters. The van der Waals surface area contributed by atoms with Gasteiger partial charge >= 0.3 is 0 Å². The molecule has 4 rings (SSSR count). The number of hydrogen-bond donors (Lipinski definition) is 0. The first-order chi connectivity index (χ1) is 14.2. The molecule has 29 heavy (non-hydrogen) atoms. The summed E-state index contributed by atoms with van der Waals surface area (Å²) < 4.78 is 11.2. The number of amides is 1. The molecule has 0 fully saturated rings. The first kappa shape index (κ1) is 19.1. The summed E-state index contributed by atoms with van der Waals surface area (Å²) in [6.07, 6.45) is 0.396. The standard InChI is InChI=1S/C25H25NO3/c1-2-26(18-20-10-13-23-24(16-20)29-15-14-28-23)25(27)17-19-8-11-22(12-9-19)21-6-4-3-5-7-21/h3-13,16H,2,14-15,17-18H2,1H3. The molecular weight excluding hydrogens is 362 g/mol. The number of likely N-dealkylation sites (N-methyl/N-ethyl adjacent to an activating group) is 1. The molecule has 4 heteroatoms. The summed E-state index contributed by atoms with van der Waals surface area (Å²) >= 11 is 0. The van der Waals surface area contributed by atoms with Crippen molar-refractivity contribution in [2.24, 2.45) is 0 Å². The highest BCUT2D eigenvalue weighted by molar-refractivity contribution is 5.79. The quantitative estimate of drug-likeness (QED) is 0.615. The van der Waals surface area contributed by atoms with Gasteiger partial charge in [0.25, 0.3) is 0 Å². The summed E-state index contributed by atoms with van der Waals surface area (Å²) in [7, 11) is 0. The van der Waals surface area contributed by atoms with E-state index in [1.165, 1.54) is 5.56 Å². The third-order valence-corrected chi connectivity index (χ3v) is 5.13. The maximum absolute atomic E-state index is 12.9. The Kier molecular flexibility index (Phi) is 5.80. The van der Waals surface area contributed by atoms with E-state index in [9.17, 15) is 4.79 Å². The Hall–Kier alpha value is -3.27. The average molecular weight is 387 g/mol. The number of carbonyl (C=O) groups excluding carboxylic acids is 1.